The second-order valence-electron chi connectivity index (χ2n) is 8.11. The molecule has 3 aromatic carbocycles. The van der Waals surface area contributed by atoms with Gasteiger partial charge in [-0.1, -0.05) is 91.3 Å². The molecule has 0 fully saturated rings. The minimum absolute atomic E-state index is 0.235. The predicted molar refractivity (Wildman–Crippen MR) is 133 cm³/mol. The number of rotatable bonds is 9. The van der Waals surface area contributed by atoms with Crippen molar-refractivity contribution in [1.82, 2.24) is 4.90 Å². The number of hydrogen-bond donors (Lipinski definition) is 0. The third kappa shape index (κ3) is 6.91. The van der Waals surface area contributed by atoms with Crippen LogP contribution in [0.1, 0.15) is 34.7 Å². The van der Waals surface area contributed by atoms with Crippen LogP contribution in [0.4, 0.5) is 0 Å². The summed E-state index contributed by atoms with van der Waals surface area (Å²) in [6.45, 7) is 4.44. The number of esters is 1. The Hall–Kier alpha value is -3.66. The van der Waals surface area contributed by atoms with Crippen molar-refractivity contribution in [1.29, 1.82) is 0 Å². The monoisotopic (exact) mass is 441 g/mol. The highest BCUT2D eigenvalue weighted by molar-refractivity contribution is 5.94. The Bertz CT molecular complexity index is 1070. The van der Waals surface area contributed by atoms with Crippen LogP contribution in [0, 0.1) is 6.92 Å². The van der Waals surface area contributed by atoms with E-state index < -0.39 is 12.0 Å². The SMILES string of the molecule is CCc1ccc(CN(C(=O)C=Cc2ccc(C)cc2)[C@@H](Cc2ccccc2)C(=O)OC)cc1. The number of ether oxygens (including phenoxy) is 1. The summed E-state index contributed by atoms with van der Waals surface area (Å²) in [6.07, 6.45) is 4.64. The van der Waals surface area contributed by atoms with E-state index >= 15 is 0 Å². The Kier molecular flexibility index (Phi) is 8.59. The lowest BCUT2D eigenvalue weighted by atomic mass is 10.0. The maximum Gasteiger partial charge on any atom is 0.328 e. The number of carbonyl (C=O) groups is 2. The third-order valence-corrected chi connectivity index (χ3v) is 5.68. The number of benzene rings is 3. The molecule has 33 heavy (non-hydrogen) atoms. The molecular formula is C29H31NO3. The van der Waals surface area contributed by atoms with E-state index in [0.717, 1.165) is 28.7 Å². The second-order valence-corrected chi connectivity index (χ2v) is 8.11. The van der Waals surface area contributed by atoms with Crippen LogP contribution in [0.2, 0.25) is 0 Å². The van der Waals surface area contributed by atoms with Gasteiger partial charge in [0.1, 0.15) is 6.04 Å². The van der Waals surface area contributed by atoms with E-state index in [2.05, 4.69) is 19.1 Å². The summed E-state index contributed by atoms with van der Waals surface area (Å²) in [7, 11) is 1.36. The van der Waals surface area contributed by atoms with Crippen LogP contribution in [0.25, 0.3) is 6.08 Å². The molecule has 1 amide bonds. The van der Waals surface area contributed by atoms with Gasteiger partial charge in [-0.05, 0) is 41.7 Å². The first-order chi connectivity index (χ1) is 16.0. The number of carbonyl (C=O) groups excluding carboxylic acids is 2. The first kappa shape index (κ1) is 24.0. The van der Waals surface area contributed by atoms with Crippen LogP contribution in [0.5, 0.6) is 0 Å². The maximum atomic E-state index is 13.4. The summed E-state index contributed by atoms with van der Waals surface area (Å²) in [5, 5.41) is 0. The van der Waals surface area contributed by atoms with Gasteiger partial charge in [0.15, 0.2) is 0 Å². The molecule has 4 nitrogen and oxygen atoms in total. The molecule has 1 atom stereocenters. The van der Waals surface area contributed by atoms with E-state index in [9.17, 15) is 9.59 Å². The summed E-state index contributed by atoms with van der Waals surface area (Å²) in [6, 6.07) is 25.0. The van der Waals surface area contributed by atoms with Crippen LogP contribution in [0.3, 0.4) is 0 Å². The van der Waals surface area contributed by atoms with Crippen molar-refractivity contribution in [2.24, 2.45) is 0 Å². The predicted octanol–water partition coefficient (Wildman–Crippen LogP) is 5.38. The summed E-state index contributed by atoms with van der Waals surface area (Å²) in [5.41, 5.74) is 5.24. The van der Waals surface area contributed by atoms with E-state index in [1.165, 1.54) is 18.7 Å². The molecule has 0 aliphatic rings. The quantitative estimate of drug-likeness (QED) is 0.331. The first-order valence-electron chi connectivity index (χ1n) is 11.2. The number of nitrogens with zero attached hydrogens (tertiary/aromatic N) is 1. The van der Waals surface area contributed by atoms with Crippen molar-refractivity contribution in [2.45, 2.75) is 39.3 Å². The van der Waals surface area contributed by atoms with Gasteiger partial charge in [-0.15, -0.1) is 0 Å². The summed E-state index contributed by atoms with van der Waals surface area (Å²) < 4.78 is 5.11. The average Bonchev–Trinajstić information content (AvgIpc) is 2.86. The Labute approximate surface area is 196 Å². The van der Waals surface area contributed by atoms with Crippen LogP contribution < -0.4 is 0 Å². The zero-order chi connectivity index (χ0) is 23.6. The van der Waals surface area contributed by atoms with Crippen molar-refractivity contribution in [3.8, 4) is 0 Å². The van der Waals surface area contributed by atoms with Gasteiger partial charge in [-0.25, -0.2) is 4.79 Å². The van der Waals surface area contributed by atoms with Gasteiger partial charge in [0.2, 0.25) is 5.91 Å². The zero-order valence-corrected chi connectivity index (χ0v) is 19.5. The van der Waals surface area contributed by atoms with Crippen LogP contribution in [0.15, 0.2) is 84.9 Å². The molecule has 0 aromatic heterocycles. The fourth-order valence-corrected chi connectivity index (χ4v) is 3.65. The van der Waals surface area contributed by atoms with Crippen molar-refractivity contribution < 1.29 is 14.3 Å². The Balaban J connectivity index is 1.92. The lowest BCUT2D eigenvalue weighted by Crippen LogP contribution is -2.46. The molecule has 0 spiro atoms. The molecule has 3 rings (SSSR count). The molecule has 0 heterocycles. The maximum absolute atomic E-state index is 13.4. The molecule has 0 aliphatic carbocycles. The largest absolute Gasteiger partial charge is 0.467 e. The van der Waals surface area contributed by atoms with Crippen molar-refractivity contribution in [3.63, 3.8) is 0 Å². The van der Waals surface area contributed by atoms with Gasteiger partial charge in [0.05, 0.1) is 7.11 Å². The molecule has 0 saturated heterocycles. The summed E-state index contributed by atoms with van der Waals surface area (Å²) in [5.74, 6) is -0.664. The molecule has 0 saturated carbocycles. The highest BCUT2D eigenvalue weighted by Gasteiger charge is 2.30. The smallest absolute Gasteiger partial charge is 0.328 e. The number of aryl methyl sites for hydroxylation is 2. The molecule has 0 radical (unpaired) electrons. The molecule has 0 unspecified atom stereocenters. The van der Waals surface area contributed by atoms with Gasteiger partial charge in [0, 0.05) is 19.0 Å². The third-order valence-electron chi connectivity index (χ3n) is 5.68. The minimum atomic E-state index is -0.738. The van der Waals surface area contributed by atoms with Gasteiger partial charge in [-0.2, -0.15) is 0 Å². The fraction of sp³-hybridized carbons (Fsp3) is 0.241. The van der Waals surface area contributed by atoms with E-state index in [1.807, 2.05) is 73.7 Å². The molecule has 0 aliphatic heterocycles. The molecule has 3 aromatic rings. The van der Waals surface area contributed by atoms with Gasteiger partial charge < -0.3 is 9.64 Å². The van der Waals surface area contributed by atoms with Crippen LogP contribution in [-0.4, -0.2) is 29.9 Å². The van der Waals surface area contributed by atoms with Gasteiger partial charge >= 0.3 is 5.97 Å². The normalized spacial score (nSPS) is 11.8. The van der Waals surface area contributed by atoms with E-state index in [1.54, 1.807) is 11.0 Å². The second kappa shape index (κ2) is 11.8. The van der Waals surface area contributed by atoms with Crippen molar-refractivity contribution in [3.05, 3.63) is 113 Å². The van der Waals surface area contributed by atoms with Crippen LogP contribution >= 0.6 is 0 Å². The highest BCUT2D eigenvalue weighted by Crippen LogP contribution is 2.17. The Morgan fingerprint density at radius 2 is 1.52 bits per heavy atom. The molecule has 0 N–H and O–H groups in total. The molecule has 170 valence electrons. The van der Waals surface area contributed by atoms with Crippen molar-refractivity contribution >= 4 is 18.0 Å². The molecule has 4 heteroatoms. The van der Waals surface area contributed by atoms with Gasteiger partial charge in [-0.3, -0.25) is 4.79 Å². The van der Waals surface area contributed by atoms with E-state index in [0.29, 0.717) is 13.0 Å². The molecule has 0 bridgehead atoms. The standard InChI is InChI=1S/C29H31NO3/c1-4-23-14-16-26(17-15-23)21-30(28(31)19-18-24-12-10-22(2)11-13-24)27(29(32)33-3)20-25-8-6-5-7-9-25/h5-19,27H,4,20-21H2,1-3H3/t27-/m0/s1. The number of hydrogen-bond acceptors (Lipinski definition) is 3. The Morgan fingerprint density at radius 1 is 0.879 bits per heavy atom. The number of amides is 1. The summed E-state index contributed by atoms with van der Waals surface area (Å²) >= 11 is 0. The highest BCUT2D eigenvalue weighted by atomic mass is 16.5. The summed E-state index contributed by atoms with van der Waals surface area (Å²) in [4.78, 5) is 27.8. The lowest BCUT2D eigenvalue weighted by Gasteiger charge is -2.29. The molecular weight excluding hydrogens is 410 g/mol. The van der Waals surface area contributed by atoms with Crippen LogP contribution in [-0.2, 0) is 33.7 Å². The van der Waals surface area contributed by atoms with E-state index in [4.69, 9.17) is 4.74 Å². The van der Waals surface area contributed by atoms with E-state index in [-0.39, 0.29) is 5.91 Å². The lowest BCUT2D eigenvalue weighted by molar-refractivity contribution is -0.151. The fourth-order valence-electron chi connectivity index (χ4n) is 3.65. The van der Waals surface area contributed by atoms with Gasteiger partial charge in [0.25, 0.3) is 0 Å². The average molecular weight is 442 g/mol. The minimum Gasteiger partial charge on any atom is -0.467 e. The Morgan fingerprint density at radius 3 is 2.12 bits per heavy atom. The van der Waals surface area contributed by atoms with Crippen molar-refractivity contribution in [2.75, 3.05) is 7.11 Å². The first-order valence-corrected chi connectivity index (χ1v) is 11.2. The topological polar surface area (TPSA) is 46.6 Å². The number of methoxy groups -OCH3 is 1. The zero-order valence-electron chi connectivity index (χ0n) is 19.5.